The van der Waals surface area contributed by atoms with Gasteiger partial charge in [-0.05, 0) is 6.07 Å². The van der Waals surface area contributed by atoms with Gasteiger partial charge >= 0.3 is 11.6 Å². The van der Waals surface area contributed by atoms with E-state index in [4.69, 9.17) is 4.42 Å². The van der Waals surface area contributed by atoms with Gasteiger partial charge in [0, 0.05) is 12.1 Å². The number of nitrogens with one attached hydrogen (secondary N) is 1. The van der Waals surface area contributed by atoms with E-state index < -0.39 is 33.1 Å². The zero-order valence-corrected chi connectivity index (χ0v) is 10.2. The number of furan rings is 1. The molecule has 21 heavy (non-hydrogen) atoms. The molecule has 2 rings (SSSR count). The van der Waals surface area contributed by atoms with Crippen LogP contribution in [0.15, 0.2) is 28.7 Å². The van der Waals surface area contributed by atoms with Crippen LogP contribution in [-0.4, -0.2) is 9.85 Å². The Morgan fingerprint density at radius 2 is 1.81 bits per heavy atom. The van der Waals surface area contributed by atoms with Crippen molar-refractivity contribution in [2.45, 2.75) is 6.54 Å². The number of hydrogen-bond acceptors (Lipinski definition) is 6. The second-order valence-electron chi connectivity index (χ2n) is 3.89. The van der Waals surface area contributed by atoms with Crippen LogP contribution in [0.5, 0.6) is 0 Å². The van der Waals surface area contributed by atoms with E-state index in [1.54, 1.807) is 0 Å². The van der Waals surface area contributed by atoms with Crippen LogP contribution in [0.1, 0.15) is 5.76 Å². The molecule has 0 bridgehead atoms. The minimum absolute atomic E-state index is 0.119. The minimum atomic E-state index is -1.29. The topological polar surface area (TPSA) is 111 Å². The van der Waals surface area contributed by atoms with Gasteiger partial charge in [-0.2, -0.15) is 4.39 Å². The molecule has 110 valence electrons. The summed E-state index contributed by atoms with van der Waals surface area (Å²) < 4.78 is 31.4. The number of benzene rings is 1. The summed E-state index contributed by atoms with van der Waals surface area (Å²) >= 11 is 0. The molecule has 8 nitrogen and oxygen atoms in total. The lowest BCUT2D eigenvalue weighted by Gasteiger charge is -2.06. The molecule has 1 aromatic carbocycles. The van der Waals surface area contributed by atoms with Crippen molar-refractivity contribution in [2.75, 3.05) is 5.32 Å². The van der Waals surface area contributed by atoms with E-state index in [0.29, 0.717) is 12.1 Å². The van der Waals surface area contributed by atoms with E-state index in [1.165, 1.54) is 6.07 Å². The second-order valence-corrected chi connectivity index (χ2v) is 3.89. The summed E-state index contributed by atoms with van der Waals surface area (Å²) in [5, 5.41) is 23.4. The molecule has 0 aliphatic rings. The summed E-state index contributed by atoms with van der Waals surface area (Å²) in [5.74, 6) is -2.69. The molecule has 2 aromatic rings. The molecule has 0 saturated heterocycles. The largest absolute Gasteiger partial charge is 0.433 e. The molecule has 1 heterocycles. The van der Waals surface area contributed by atoms with Crippen LogP contribution >= 0.6 is 0 Å². The normalized spacial score (nSPS) is 10.4. The lowest BCUT2D eigenvalue weighted by Crippen LogP contribution is -2.03. The lowest BCUT2D eigenvalue weighted by atomic mass is 10.2. The van der Waals surface area contributed by atoms with E-state index in [2.05, 4.69) is 5.32 Å². The third-order valence-corrected chi connectivity index (χ3v) is 2.51. The third kappa shape index (κ3) is 3.11. The van der Waals surface area contributed by atoms with E-state index in [0.717, 1.165) is 6.07 Å². The lowest BCUT2D eigenvalue weighted by molar-refractivity contribution is -0.402. The zero-order chi connectivity index (χ0) is 15.6. The van der Waals surface area contributed by atoms with Crippen LogP contribution in [0.4, 0.5) is 26.0 Å². The molecule has 0 radical (unpaired) electrons. The molecule has 0 fully saturated rings. The molecular weight excluding hydrogens is 292 g/mol. The molecule has 0 aliphatic heterocycles. The first-order chi connectivity index (χ1) is 9.88. The van der Waals surface area contributed by atoms with E-state index in [9.17, 15) is 29.0 Å². The van der Waals surface area contributed by atoms with Gasteiger partial charge in [-0.3, -0.25) is 20.2 Å². The monoisotopic (exact) mass is 299 g/mol. The maximum Gasteiger partial charge on any atom is 0.433 e. The van der Waals surface area contributed by atoms with Crippen LogP contribution in [-0.2, 0) is 6.54 Å². The smallest absolute Gasteiger partial charge is 0.404 e. The SMILES string of the molecule is O=[N+]([O-])c1ccc(CNc2cc([N+](=O)[O-])c(F)cc2F)o1. The Hall–Kier alpha value is -3.04. The van der Waals surface area contributed by atoms with Crippen molar-refractivity contribution in [3.05, 3.63) is 61.9 Å². The van der Waals surface area contributed by atoms with Crippen molar-refractivity contribution in [2.24, 2.45) is 0 Å². The fourth-order valence-electron chi connectivity index (χ4n) is 1.56. The predicted octanol–water partition coefficient (Wildman–Crippen LogP) is 2.99. The highest BCUT2D eigenvalue weighted by Gasteiger charge is 2.19. The fraction of sp³-hybridized carbons (Fsp3) is 0.0909. The van der Waals surface area contributed by atoms with Gasteiger partial charge in [0.05, 0.1) is 23.2 Å². The molecule has 1 N–H and O–H groups in total. The fourth-order valence-corrected chi connectivity index (χ4v) is 1.56. The Bertz CT molecular complexity index is 716. The number of nitro benzene ring substituents is 1. The molecule has 0 unspecified atom stereocenters. The zero-order valence-electron chi connectivity index (χ0n) is 10.2. The van der Waals surface area contributed by atoms with Gasteiger partial charge < -0.3 is 9.73 Å². The molecular formula is C11H7F2N3O5. The van der Waals surface area contributed by atoms with Gasteiger partial charge in [0.15, 0.2) is 0 Å². The Balaban J connectivity index is 2.17. The number of hydrogen-bond donors (Lipinski definition) is 1. The molecule has 0 amide bonds. The number of anilines is 1. The highest BCUT2D eigenvalue weighted by atomic mass is 19.1. The van der Waals surface area contributed by atoms with Crippen molar-refractivity contribution in [1.29, 1.82) is 0 Å². The first kappa shape index (κ1) is 14.4. The minimum Gasteiger partial charge on any atom is -0.404 e. The molecule has 10 heteroatoms. The third-order valence-electron chi connectivity index (χ3n) is 2.51. The first-order valence-corrected chi connectivity index (χ1v) is 5.49. The Morgan fingerprint density at radius 1 is 1.10 bits per heavy atom. The van der Waals surface area contributed by atoms with Gasteiger partial charge in [0.1, 0.15) is 16.5 Å². The van der Waals surface area contributed by atoms with Crippen LogP contribution in [0.3, 0.4) is 0 Å². The molecule has 0 spiro atoms. The molecule has 0 atom stereocenters. The Kier molecular flexibility index (Phi) is 3.78. The van der Waals surface area contributed by atoms with Crippen molar-refractivity contribution in [3.63, 3.8) is 0 Å². The van der Waals surface area contributed by atoms with Gasteiger partial charge in [-0.15, -0.1) is 0 Å². The summed E-state index contributed by atoms with van der Waals surface area (Å²) in [7, 11) is 0. The van der Waals surface area contributed by atoms with Crippen molar-refractivity contribution < 1.29 is 23.0 Å². The van der Waals surface area contributed by atoms with Crippen molar-refractivity contribution in [1.82, 2.24) is 0 Å². The maximum absolute atomic E-state index is 13.5. The van der Waals surface area contributed by atoms with Gasteiger partial charge in [0.2, 0.25) is 5.82 Å². The Labute approximate surface area is 115 Å². The van der Waals surface area contributed by atoms with Crippen LogP contribution < -0.4 is 5.32 Å². The number of rotatable bonds is 5. The summed E-state index contributed by atoms with van der Waals surface area (Å²) in [6.07, 6.45) is 0. The second kappa shape index (κ2) is 5.53. The summed E-state index contributed by atoms with van der Waals surface area (Å²) in [6.45, 7) is -0.159. The van der Waals surface area contributed by atoms with Gasteiger partial charge in [-0.1, -0.05) is 0 Å². The number of nitrogens with zero attached hydrogens (tertiary/aromatic N) is 2. The van der Waals surface area contributed by atoms with Crippen LogP contribution in [0, 0.1) is 31.9 Å². The molecule has 0 aliphatic carbocycles. The van der Waals surface area contributed by atoms with Gasteiger partial charge in [0.25, 0.3) is 0 Å². The van der Waals surface area contributed by atoms with Crippen LogP contribution in [0.2, 0.25) is 0 Å². The van der Waals surface area contributed by atoms with E-state index >= 15 is 0 Å². The summed E-state index contributed by atoms with van der Waals surface area (Å²) in [6, 6.07) is 3.48. The predicted molar refractivity (Wildman–Crippen MR) is 65.7 cm³/mol. The van der Waals surface area contributed by atoms with Crippen LogP contribution in [0.25, 0.3) is 0 Å². The highest BCUT2D eigenvalue weighted by Crippen LogP contribution is 2.26. The Morgan fingerprint density at radius 3 is 2.38 bits per heavy atom. The first-order valence-electron chi connectivity index (χ1n) is 5.49. The average Bonchev–Trinajstić information content (AvgIpc) is 2.86. The summed E-state index contributed by atoms with van der Waals surface area (Å²) in [5.41, 5.74) is -1.20. The molecule has 1 aromatic heterocycles. The van der Waals surface area contributed by atoms with Gasteiger partial charge in [-0.25, -0.2) is 4.39 Å². The van der Waals surface area contributed by atoms with E-state index in [1.807, 2.05) is 0 Å². The average molecular weight is 299 g/mol. The van der Waals surface area contributed by atoms with Crippen molar-refractivity contribution >= 4 is 17.3 Å². The van der Waals surface area contributed by atoms with E-state index in [-0.39, 0.29) is 18.0 Å². The maximum atomic E-state index is 13.5. The standard InChI is InChI=1S/C11H7F2N3O5/c12-7-3-8(13)10(15(17)18)4-9(7)14-5-6-1-2-11(21-6)16(19)20/h1-4,14H,5H2. The summed E-state index contributed by atoms with van der Waals surface area (Å²) in [4.78, 5) is 19.2. The van der Waals surface area contributed by atoms with Crippen molar-refractivity contribution in [3.8, 4) is 0 Å². The number of nitro groups is 2. The highest BCUT2D eigenvalue weighted by molar-refractivity contribution is 5.53. The number of halogens is 2. The molecule has 0 saturated carbocycles. The quantitative estimate of drug-likeness (QED) is 0.671.